The summed E-state index contributed by atoms with van der Waals surface area (Å²) in [6.07, 6.45) is 6.84. The van der Waals surface area contributed by atoms with E-state index in [4.69, 9.17) is 9.47 Å². The SMILES string of the molecule is CC(C)(C)OC(=O)N[C@H]1CCCN[C@H]1COC1CCC(c2ccccc2C=O)CC1. The quantitative estimate of drug-likeness (QED) is 0.680. The van der Waals surface area contributed by atoms with E-state index in [9.17, 15) is 9.59 Å². The van der Waals surface area contributed by atoms with Crippen molar-refractivity contribution in [3.05, 3.63) is 35.4 Å². The van der Waals surface area contributed by atoms with E-state index >= 15 is 0 Å². The molecule has 30 heavy (non-hydrogen) atoms. The summed E-state index contributed by atoms with van der Waals surface area (Å²) in [7, 11) is 0. The number of ether oxygens (including phenoxy) is 2. The normalized spacial score (nSPS) is 27.3. The average Bonchev–Trinajstić information content (AvgIpc) is 2.72. The number of aldehydes is 1. The van der Waals surface area contributed by atoms with Gasteiger partial charge in [0.1, 0.15) is 11.9 Å². The number of carbonyl (C=O) groups is 2. The molecule has 1 aromatic rings. The lowest BCUT2D eigenvalue weighted by atomic mass is 9.81. The second-order valence-corrected chi connectivity index (χ2v) is 9.51. The smallest absolute Gasteiger partial charge is 0.407 e. The van der Waals surface area contributed by atoms with Gasteiger partial charge in [-0.25, -0.2) is 4.79 Å². The number of piperidine rings is 1. The summed E-state index contributed by atoms with van der Waals surface area (Å²) in [5, 5.41) is 6.51. The molecule has 1 heterocycles. The molecule has 0 aromatic heterocycles. The lowest BCUT2D eigenvalue weighted by Crippen LogP contribution is -2.56. The number of benzene rings is 1. The molecule has 0 radical (unpaired) electrons. The molecule has 1 saturated carbocycles. The molecule has 6 nitrogen and oxygen atoms in total. The highest BCUT2D eigenvalue weighted by molar-refractivity contribution is 5.77. The Labute approximate surface area is 180 Å². The molecule has 1 aromatic carbocycles. The molecule has 6 heteroatoms. The van der Waals surface area contributed by atoms with Crippen molar-refractivity contribution in [1.29, 1.82) is 0 Å². The fourth-order valence-corrected chi connectivity index (χ4v) is 4.53. The molecule has 166 valence electrons. The van der Waals surface area contributed by atoms with Gasteiger partial charge in [0.05, 0.1) is 18.8 Å². The predicted molar refractivity (Wildman–Crippen MR) is 117 cm³/mol. The fraction of sp³-hybridized carbons (Fsp3) is 0.667. The molecule has 1 amide bonds. The second-order valence-electron chi connectivity index (χ2n) is 9.51. The molecular formula is C24H36N2O4. The van der Waals surface area contributed by atoms with Crippen molar-refractivity contribution in [3.63, 3.8) is 0 Å². The summed E-state index contributed by atoms with van der Waals surface area (Å²) in [6, 6.07) is 8.02. The third-order valence-electron chi connectivity index (χ3n) is 6.03. The molecule has 1 saturated heterocycles. The van der Waals surface area contributed by atoms with Gasteiger partial charge >= 0.3 is 6.09 Å². The van der Waals surface area contributed by atoms with Gasteiger partial charge in [-0.15, -0.1) is 0 Å². The van der Waals surface area contributed by atoms with E-state index in [1.807, 2.05) is 39.0 Å². The highest BCUT2D eigenvalue weighted by atomic mass is 16.6. The zero-order valence-electron chi connectivity index (χ0n) is 18.5. The van der Waals surface area contributed by atoms with Gasteiger partial charge in [0.2, 0.25) is 0 Å². The Balaban J connectivity index is 1.46. The summed E-state index contributed by atoms with van der Waals surface area (Å²) in [4.78, 5) is 23.5. The topological polar surface area (TPSA) is 76.7 Å². The van der Waals surface area contributed by atoms with Crippen molar-refractivity contribution >= 4 is 12.4 Å². The molecule has 2 N–H and O–H groups in total. The van der Waals surface area contributed by atoms with Crippen LogP contribution in [0.1, 0.15) is 81.1 Å². The monoisotopic (exact) mass is 416 g/mol. The summed E-state index contributed by atoms with van der Waals surface area (Å²) in [5.41, 5.74) is 1.48. The Morgan fingerprint density at radius 2 is 1.90 bits per heavy atom. The first-order valence-electron chi connectivity index (χ1n) is 11.2. The lowest BCUT2D eigenvalue weighted by Gasteiger charge is -2.35. The zero-order chi connectivity index (χ0) is 21.6. The van der Waals surface area contributed by atoms with Crippen LogP contribution in [0.4, 0.5) is 4.79 Å². The van der Waals surface area contributed by atoms with Crippen LogP contribution in [0.3, 0.4) is 0 Å². The van der Waals surface area contributed by atoms with Gasteiger partial charge in [-0.2, -0.15) is 0 Å². The van der Waals surface area contributed by atoms with Crippen molar-refractivity contribution in [2.75, 3.05) is 13.2 Å². The minimum absolute atomic E-state index is 0.0180. The van der Waals surface area contributed by atoms with Crippen molar-refractivity contribution in [3.8, 4) is 0 Å². The van der Waals surface area contributed by atoms with Gasteiger partial charge in [0.25, 0.3) is 0 Å². The molecule has 1 aliphatic heterocycles. The Hall–Kier alpha value is -1.92. The van der Waals surface area contributed by atoms with E-state index in [1.54, 1.807) is 0 Å². The van der Waals surface area contributed by atoms with Crippen molar-refractivity contribution in [2.45, 2.75) is 89.0 Å². The summed E-state index contributed by atoms with van der Waals surface area (Å²) < 4.78 is 11.7. The zero-order valence-corrected chi connectivity index (χ0v) is 18.5. The molecule has 2 fully saturated rings. The number of carbonyl (C=O) groups excluding carboxylic acids is 2. The van der Waals surface area contributed by atoms with Crippen LogP contribution in [-0.4, -0.2) is 49.3 Å². The van der Waals surface area contributed by atoms with Gasteiger partial charge < -0.3 is 20.1 Å². The Morgan fingerprint density at radius 3 is 2.60 bits per heavy atom. The summed E-state index contributed by atoms with van der Waals surface area (Å²) in [6.45, 7) is 7.14. The highest BCUT2D eigenvalue weighted by Gasteiger charge is 2.30. The molecule has 0 bridgehead atoms. The maximum absolute atomic E-state index is 12.2. The standard InChI is InChI=1S/C24H36N2O4/c1-24(2,3)30-23(28)26-21-9-6-14-25-22(21)16-29-19-12-10-17(11-13-19)20-8-5-4-7-18(20)15-27/h4-5,7-8,15,17,19,21-22,25H,6,9-14,16H2,1-3H3,(H,26,28)/t17?,19?,21-,22-/m0/s1. The Bertz CT molecular complexity index is 707. The Kier molecular flexibility index (Phi) is 7.89. The van der Waals surface area contributed by atoms with Crippen LogP contribution in [0.15, 0.2) is 24.3 Å². The van der Waals surface area contributed by atoms with E-state index in [2.05, 4.69) is 16.7 Å². The third-order valence-corrected chi connectivity index (χ3v) is 6.03. The van der Waals surface area contributed by atoms with Crippen LogP contribution in [-0.2, 0) is 9.47 Å². The van der Waals surface area contributed by atoms with Crippen LogP contribution in [0.5, 0.6) is 0 Å². The highest BCUT2D eigenvalue weighted by Crippen LogP contribution is 2.35. The van der Waals surface area contributed by atoms with E-state index < -0.39 is 5.60 Å². The van der Waals surface area contributed by atoms with Gasteiger partial charge in [0, 0.05) is 11.6 Å². The first-order chi connectivity index (χ1) is 14.4. The lowest BCUT2D eigenvalue weighted by molar-refractivity contribution is 0.00169. The molecule has 3 rings (SSSR count). The summed E-state index contributed by atoms with van der Waals surface area (Å²) in [5.74, 6) is 0.431. The summed E-state index contributed by atoms with van der Waals surface area (Å²) >= 11 is 0. The van der Waals surface area contributed by atoms with Crippen molar-refractivity contribution in [1.82, 2.24) is 10.6 Å². The first kappa shape index (κ1) is 22.8. The minimum atomic E-state index is -0.501. The molecule has 0 unspecified atom stereocenters. The largest absolute Gasteiger partial charge is 0.444 e. The van der Waals surface area contributed by atoms with E-state index in [0.717, 1.165) is 56.9 Å². The maximum Gasteiger partial charge on any atom is 0.407 e. The van der Waals surface area contributed by atoms with Crippen LogP contribution in [0.25, 0.3) is 0 Å². The number of nitrogens with one attached hydrogen (secondary N) is 2. The maximum atomic E-state index is 12.2. The van der Waals surface area contributed by atoms with Crippen LogP contribution >= 0.6 is 0 Å². The van der Waals surface area contributed by atoms with Crippen LogP contribution in [0, 0.1) is 0 Å². The van der Waals surface area contributed by atoms with Gasteiger partial charge in [-0.3, -0.25) is 4.79 Å². The van der Waals surface area contributed by atoms with E-state index in [1.165, 1.54) is 5.56 Å². The molecule has 1 aliphatic carbocycles. The minimum Gasteiger partial charge on any atom is -0.444 e. The predicted octanol–water partition coefficient (Wildman–Crippen LogP) is 4.19. The van der Waals surface area contributed by atoms with Crippen LogP contribution < -0.4 is 10.6 Å². The second kappa shape index (κ2) is 10.4. The van der Waals surface area contributed by atoms with E-state index in [0.29, 0.717) is 12.5 Å². The molecular weight excluding hydrogens is 380 g/mol. The number of amides is 1. The number of hydrogen-bond donors (Lipinski definition) is 2. The molecule has 0 spiro atoms. The third kappa shape index (κ3) is 6.54. The fourth-order valence-electron chi connectivity index (χ4n) is 4.53. The van der Waals surface area contributed by atoms with Crippen molar-refractivity contribution < 1.29 is 19.1 Å². The van der Waals surface area contributed by atoms with Gasteiger partial charge in [-0.05, 0) is 77.3 Å². The number of rotatable bonds is 6. The first-order valence-corrected chi connectivity index (χ1v) is 11.2. The molecule has 2 aliphatic rings. The van der Waals surface area contributed by atoms with Gasteiger partial charge in [-0.1, -0.05) is 24.3 Å². The van der Waals surface area contributed by atoms with Gasteiger partial charge in [0.15, 0.2) is 0 Å². The molecule has 2 atom stereocenters. The number of hydrogen-bond acceptors (Lipinski definition) is 5. The Morgan fingerprint density at radius 1 is 1.17 bits per heavy atom. The van der Waals surface area contributed by atoms with Crippen molar-refractivity contribution in [2.24, 2.45) is 0 Å². The average molecular weight is 417 g/mol. The van der Waals surface area contributed by atoms with Crippen LogP contribution in [0.2, 0.25) is 0 Å². The number of alkyl carbamates (subject to hydrolysis) is 1. The van der Waals surface area contributed by atoms with E-state index in [-0.39, 0.29) is 24.3 Å².